The van der Waals surface area contributed by atoms with Gasteiger partial charge in [-0.15, -0.1) is 0 Å². The van der Waals surface area contributed by atoms with E-state index in [0.29, 0.717) is 23.7 Å². The Hall–Kier alpha value is -1.40. The number of aromatic amines is 1. The quantitative estimate of drug-likeness (QED) is 0.859. The first-order chi connectivity index (χ1) is 12.3. The molecule has 6 nitrogen and oxygen atoms in total. The molecule has 0 radical (unpaired) electrons. The van der Waals surface area contributed by atoms with E-state index < -0.39 is 0 Å². The largest absolute Gasteiger partial charge is 0.381 e. The molecule has 3 fully saturated rings. The highest BCUT2D eigenvalue weighted by molar-refractivity contribution is 5.92. The Morgan fingerprint density at radius 1 is 1.20 bits per heavy atom. The lowest BCUT2D eigenvalue weighted by Crippen LogP contribution is -2.58. The molecule has 1 aromatic rings. The van der Waals surface area contributed by atoms with Gasteiger partial charge in [-0.2, -0.15) is 5.10 Å². The number of nitrogens with one attached hydrogen (secondary N) is 2. The summed E-state index contributed by atoms with van der Waals surface area (Å²) in [5.74, 6) is 0.510. The summed E-state index contributed by atoms with van der Waals surface area (Å²) in [6.07, 6.45) is 9.75. The Labute approximate surface area is 149 Å². The van der Waals surface area contributed by atoms with Gasteiger partial charge in [-0.25, -0.2) is 0 Å². The van der Waals surface area contributed by atoms with E-state index in [1.807, 2.05) is 6.07 Å². The minimum absolute atomic E-state index is 0.0443. The molecule has 25 heavy (non-hydrogen) atoms. The Bertz CT molecular complexity index is 576. The molecule has 138 valence electrons. The molecule has 1 aromatic heterocycles. The van der Waals surface area contributed by atoms with Crippen LogP contribution in [0.1, 0.15) is 73.5 Å². The van der Waals surface area contributed by atoms with Crippen LogP contribution in [0, 0.1) is 0 Å². The number of H-pyrrole nitrogens is 1. The predicted molar refractivity (Wildman–Crippen MR) is 95.7 cm³/mol. The van der Waals surface area contributed by atoms with Crippen molar-refractivity contribution in [1.29, 1.82) is 0 Å². The molecule has 0 bridgehead atoms. The van der Waals surface area contributed by atoms with Crippen molar-refractivity contribution >= 4 is 5.91 Å². The van der Waals surface area contributed by atoms with Gasteiger partial charge in [0, 0.05) is 50.0 Å². The SMILES string of the molecule is O=C(NC[C@H]1CCN1C1CCOCC1)c1cc(C2CCCCC2)[nH]n1. The third kappa shape index (κ3) is 3.90. The fourth-order valence-electron chi connectivity index (χ4n) is 4.55. The van der Waals surface area contributed by atoms with Gasteiger partial charge in [0.1, 0.15) is 5.69 Å². The third-order valence-corrected chi connectivity index (χ3v) is 6.22. The van der Waals surface area contributed by atoms with E-state index in [1.165, 1.54) is 38.5 Å². The zero-order valence-corrected chi connectivity index (χ0v) is 15.0. The van der Waals surface area contributed by atoms with Gasteiger partial charge in [0.05, 0.1) is 0 Å². The molecule has 2 N–H and O–H groups in total. The van der Waals surface area contributed by atoms with Gasteiger partial charge in [-0.05, 0) is 38.2 Å². The summed E-state index contributed by atoms with van der Waals surface area (Å²) >= 11 is 0. The Kier molecular flexibility index (Phi) is 5.36. The van der Waals surface area contributed by atoms with Crippen LogP contribution in [0.15, 0.2) is 6.07 Å². The van der Waals surface area contributed by atoms with Crippen LogP contribution < -0.4 is 5.32 Å². The van der Waals surface area contributed by atoms with Crippen LogP contribution in [0.25, 0.3) is 0 Å². The summed E-state index contributed by atoms with van der Waals surface area (Å²) in [5.41, 5.74) is 1.68. The molecular weight excluding hydrogens is 316 g/mol. The standard InChI is InChI=1S/C19H30N4O2/c24-19(18-12-17(21-22-18)14-4-2-1-3-5-14)20-13-16-6-9-23(16)15-7-10-25-11-8-15/h12,14-16H,1-11,13H2,(H,20,24)(H,21,22)/t16-/m1/s1. The zero-order chi connectivity index (χ0) is 17.1. The number of nitrogens with zero attached hydrogens (tertiary/aromatic N) is 2. The molecule has 1 atom stereocenters. The molecule has 6 heteroatoms. The summed E-state index contributed by atoms with van der Waals surface area (Å²) in [4.78, 5) is 15.0. The summed E-state index contributed by atoms with van der Waals surface area (Å²) < 4.78 is 5.45. The van der Waals surface area contributed by atoms with Crippen molar-refractivity contribution < 1.29 is 9.53 Å². The lowest BCUT2D eigenvalue weighted by molar-refractivity contribution is -0.0222. The van der Waals surface area contributed by atoms with E-state index in [2.05, 4.69) is 20.4 Å². The minimum atomic E-state index is -0.0443. The number of hydrogen-bond acceptors (Lipinski definition) is 4. The van der Waals surface area contributed by atoms with Gasteiger partial charge >= 0.3 is 0 Å². The number of aromatic nitrogens is 2. The number of rotatable bonds is 5. The van der Waals surface area contributed by atoms with Crippen LogP contribution in [-0.4, -0.2) is 59.4 Å². The van der Waals surface area contributed by atoms with Crippen molar-refractivity contribution in [2.75, 3.05) is 26.3 Å². The lowest BCUT2D eigenvalue weighted by Gasteiger charge is -2.47. The molecule has 0 aromatic carbocycles. The van der Waals surface area contributed by atoms with Gasteiger partial charge < -0.3 is 10.1 Å². The first-order valence-corrected chi connectivity index (χ1v) is 9.98. The molecular formula is C19H30N4O2. The highest BCUT2D eigenvalue weighted by atomic mass is 16.5. The normalized spacial score (nSPS) is 26.3. The smallest absolute Gasteiger partial charge is 0.271 e. The van der Waals surface area contributed by atoms with Crippen LogP contribution >= 0.6 is 0 Å². The number of likely N-dealkylation sites (tertiary alicyclic amines) is 1. The fraction of sp³-hybridized carbons (Fsp3) is 0.789. The second-order valence-electron chi connectivity index (χ2n) is 7.78. The molecule has 0 spiro atoms. The molecule has 0 unspecified atom stereocenters. The first-order valence-electron chi connectivity index (χ1n) is 9.98. The van der Waals surface area contributed by atoms with Crippen LogP contribution in [0.5, 0.6) is 0 Å². The van der Waals surface area contributed by atoms with E-state index in [4.69, 9.17) is 4.74 Å². The van der Waals surface area contributed by atoms with Crippen molar-refractivity contribution in [3.8, 4) is 0 Å². The molecule has 1 amide bonds. The molecule has 2 saturated heterocycles. The lowest BCUT2D eigenvalue weighted by atomic mass is 9.87. The summed E-state index contributed by atoms with van der Waals surface area (Å²) in [6.45, 7) is 3.62. The number of carbonyl (C=O) groups excluding carboxylic acids is 1. The number of ether oxygens (including phenoxy) is 1. The van der Waals surface area contributed by atoms with E-state index in [0.717, 1.165) is 44.8 Å². The van der Waals surface area contributed by atoms with Gasteiger partial charge in [-0.3, -0.25) is 14.8 Å². The van der Waals surface area contributed by atoms with Crippen LogP contribution in [-0.2, 0) is 4.74 Å². The Morgan fingerprint density at radius 3 is 2.72 bits per heavy atom. The monoisotopic (exact) mass is 346 g/mol. The highest BCUT2D eigenvalue weighted by Crippen LogP contribution is 2.31. The average Bonchev–Trinajstić information content (AvgIpc) is 3.13. The second-order valence-corrected chi connectivity index (χ2v) is 7.78. The number of carbonyl (C=O) groups is 1. The van der Waals surface area contributed by atoms with Gasteiger partial charge in [0.2, 0.25) is 0 Å². The molecule has 1 aliphatic carbocycles. The molecule has 4 rings (SSSR count). The fourth-order valence-corrected chi connectivity index (χ4v) is 4.55. The van der Waals surface area contributed by atoms with E-state index in [1.54, 1.807) is 0 Å². The topological polar surface area (TPSA) is 70.2 Å². The Morgan fingerprint density at radius 2 is 2.00 bits per heavy atom. The van der Waals surface area contributed by atoms with E-state index in [9.17, 15) is 4.79 Å². The first kappa shape index (κ1) is 17.0. The van der Waals surface area contributed by atoms with Crippen molar-refractivity contribution in [2.24, 2.45) is 0 Å². The summed E-state index contributed by atoms with van der Waals surface area (Å²) in [7, 11) is 0. The van der Waals surface area contributed by atoms with Crippen molar-refractivity contribution in [3.05, 3.63) is 17.5 Å². The van der Waals surface area contributed by atoms with Gasteiger partial charge in [0.15, 0.2) is 0 Å². The molecule has 3 heterocycles. The average molecular weight is 346 g/mol. The summed E-state index contributed by atoms with van der Waals surface area (Å²) in [5, 5.41) is 10.4. The Balaban J connectivity index is 1.27. The third-order valence-electron chi connectivity index (χ3n) is 6.22. The second kappa shape index (κ2) is 7.87. The number of amides is 1. The molecule has 1 saturated carbocycles. The van der Waals surface area contributed by atoms with Crippen LogP contribution in [0.2, 0.25) is 0 Å². The molecule has 3 aliphatic rings. The summed E-state index contributed by atoms with van der Waals surface area (Å²) in [6, 6.07) is 3.07. The number of hydrogen-bond donors (Lipinski definition) is 2. The maximum absolute atomic E-state index is 12.4. The maximum atomic E-state index is 12.4. The maximum Gasteiger partial charge on any atom is 0.271 e. The van der Waals surface area contributed by atoms with Gasteiger partial charge in [0.25, 0.3) is 5.91 Å². The van der Waals surface area contributed by atoms with E-state index >= 15 is 0 Å². The van der Waals surface area contributed by atoms with E-state index in [-0.39, 0.29) is 5.91 Å². The highest BCUT2D eigenvalue weighted by Gasteiger charge is 2.34. The van der Waals surface area contributed by atoms with Gasteiger partial charge in [-0.1, -0.05) is 19.3 Å². The predicted octanol–water partition coefficient (Wildman–Crippen LogP) is 2.44. The molecule has 2 aliphatic heterocycles. The van der Waals surface area contributed by atoms with Crippen molar-refractivity contribution in [2.45, 2.75) is 69.4 Å². The minimum Gasteiger partial charge on any atom is -0.381 e. The zero-order valence-electron chi connectivity index (χ0n) is 15.0. The van der Waals surface area contributed by atoms with Crippen LogP contribution in [0.4, 0.5) is 0 Å². The van der Waals surface area contributed by atoms with Crippen molar-refractivity contribution in [1.82, 2.24) is 20.4 Å². The van der Waals surface area contributed by atoms with Crippen LogP contribution in [0.3, 0.4) is 0 Å². The van der Waals surface area contributed by atoms with Crippen molar-refractivity contribution in [3.63, 3.8) is 0 Å².